The van der Waals surface area contributed by atoms with E-state index in [0.29, 0.717) is 32.4 Å². The van der Waals surface area contributed by atoms with E-state index >= 15 is 0 Å². The van der Waals surface area contributed by atoms with Gasteiger partial charge in [0.25, 0.3) is 0 Å². The van der Waals surface area contributed by atoms with Crippen LogP contribution in [0.25, 0.3) is 32.7 Å². The molecule has 1 aliphatic rings. The number of nitrogens with one attached hydrogen (secondary N) is 5. The second-order valence-electron chi connectivity index (χ2n) is 12.4. The third kappa shape index (κ3) is 6.24. The summed E-state index contributed by atoms with van der Waals surface area (Å²) in [6, 6.07) is 23.2. The summed E-state index contributed by atoms with van der Waals surface area (Å²) in [5.74, 6) is -2.10. The Bertz CT molecular complexity index is 1960. The fraction of sp³-hybridized carbons (Fsp3) is 0.270. The van der Waals surface area contributed by atoms with Crippen LogP contribution in [0.1, 0.15) is 16.7 Å². The SMILES string of the molecule is N[C@@H](Cc1c[nH]c2ccccc12)C(=O)N1C[C@@H](C(=O)NCCc2c[nH]c3ccccc23)[C@H](C(=O)NCCc2c[nH]c3ccccc23)C1. The Morgan fingerprint density at radius 2 is 1.06 bits per heavy atom. The molecule has 1 aliphatic heterocycles. The first-order valence-corrected chi connectivity index (χ1v) is 16.2. The Kier molecular flexibility index (Phi) is 8.50. The van der Waals surface area contributed by atoms with Crippen LogP contribution in [-0.4, -0.2) is 69.8 Å². The number of hydrogen-bond acceptors (Lipinski definition) is 4. The number of aromatic nitrogens is 3. The minimum absolute atomic E-state index is 0.139. The zero-order chi connectivity index (χ0) is 32.3. The zero-order valence-corrected chi connectivity index (χ0v) is 26.1. The van der Waals surface area contributed by atoms with Gasteiger partial charge in [0.05, 0.1) is 17.9 Å². The number of likely N-dealkylation sites (tertiary alicyclic amines) is 1. The molecule has 6 aromatic rings. The largest absolute Gasteiger partial charge is 0.361 e. The molecule has 7 N–H and O–H groups in total. The molecule has 10 nitrogen and oxygen atoms in total. The van der Waals surface area contributed by atoms with E-state index in [-0.39, 0.29) is 30.8 Å². The Morgan fingerprint density at radius 3 is 1.53 bits per heavy atom. The highest BCUT2D eigenvalue weighted by Gasteiger charge is 2.44. The van der Waals surface area contributed by atoms with Crippen molar-refractivity contribution in [2.75, 3.05) is 26.2 Å². The Balaban J connectivity index is 1.02. The number of rotatable bonds is 11. The van der Waals surface area contributed by atoms with Gasteiger partial charge in [-0.25, -0.2) is 0 Å². The summed E-state index contributed by atoms with van der Waals surface area (Å²) in [5, 5.41) is 9.36. The first-order valence-electron chi connectivity index (χ1n) is 16.2. The topological polar surface area (TPSA) is 152 Å². The predicted octanol–water partition coefficient (Wildman–Crippen LogP) is 3.79. The molecule has 240 valence electrons. The highest BCUT2D eigenvalue weighted by molar-refractivity contribution is 5.92. The maximum Gasteiger partial charge on any atom is 0.239 e. The van der Waals surface area contributed by atoms with Crippen LogP contribution >= 0.6 is 0 Å². The van der Waals surface area contributed by atoms with Gasteiger partial charge in [0.15, 0.2) is 0 Å². The van der Waals surface area contributed by atoms with E-state index in [1.807, 2.05) is 79.3 Å². The smallest absolute Gasteiger partial charge is 0.239 e. The number of H-pyrrole nitrogens is 3. The molecule has 3 atom stereocenters. The van der Waals surface area contributed by atoms with Gasteiger partial charge in [-0.1, -0.05) is 54.6 Å². The van der Waals surface area contributed by atoms with Crippen LogP contribution < -0.4 is 16.4 Å². The number of nitrogens with zero attached hydrogens (tertiary/aromatic N) is 1. The lowest BCUT2D eigenvalue weighted by atomic mass is 9.94. The first kappa shape index (κ1) is 30.3. The first-order chi connectivity index (χ1) is 23.0. The van der Waals surface area contributed by atoms with Crippen molar-refractivity contribution in [1.29, 1.82) is 0 Å². The van der Waals surface area contributed by atoms with Crippen molar-refractivity contribution in [1.82, 2.24) is 30.5 Å². The van der Waals surface area contributed by atoms with E-state index in [9.17, 15) is 14.4 Å². The van der Waals surface area contributed by atoms with Crippen molar-refractivity contribution in [2.45, 2.75) is 25.3 Å². The third-order valence-electron chi connectivity index (χ3n) is 9.47. The van der Waals surface area contributed by atoms with Crippen LogP contribution in [0.4, 0.5) is 0 Å². The lowest BCUT2D eigenvalue weighted by Crippen LogP contribution is -2.44. The van der Waals surface area contributed by atoms with Crippen LogP contribution in [0.3, 0.4) is 0 Å². The van der Waals surface area contributed by atoms with Crippen LogP contribution in [0.2, 0.25) is 0 Å². The van der Waals surface area contributed by atoms with E-state index in [1.165, 1.54) is 0 Å². The van der Waals surface area contributed by atoms with Gasteiger partial charge < -0.3 is 36.2 Å². The predicted molar refractivity (Wildman–Crippen MR) is 184 cm³/mol. The second kappa shape index (κ2) is 13.2. The summed E-state index contributed by atoms with van der Waals surface area (Å²) in [5.41, 5.74) is 12.7. The molecular weight excluding hydrogens is 590 g/mol. The molecule has 1 saturated heterocycles. The van der Waals surface area contributed by atoms with Gasteiger partial charge in [-0.3, -0.25) is 14.4 Å². The third-order valence-corrected chi connectivity index (χ3v) is 9.47. The molecule has 0 radical (unpaired) electrons. The summed E-state index contributed by atoms with van der Waals surface area (Å²) < 4.78 is 0. The van der Waals surface area contributed by atoms with Crippen LogP contribution in [0.15, 0.2) is 91.4 Å². The number of aromatic amines is 3. The molecular formula is C37H39N7O3. The molecule has 3 amide bonds. The Morgan fingerprint density at radius 1 is 0.660 bits per heavy atom. The summed E-state index contributed by atoms with van der Waals surface area (Å²) in [7, 11) is 0. The van der Waals surface area contributed by atoms with Crippen LogP contribution in [0, 0.1) is 11.8 Å². The van der Waals surface area contributed by atoms with Gasteiger partial charge in [-0.05, 0) is 54.2 Å². The number of nitrogens with two attached hydrogens (primary N) is 1. The number of amides is 3. The number of carbonyl (C=O) groups excluding carboxylic acids is 3. The molecule has 7 rings (SSSR count). The fourth-order valence-electron chi connectivity index (χ4n) is 6.95. The maximum absolute atomic E-state index is 13.7. The minimum Gasteiger partial charge on any atom is -0.361 e. The van der Waals surface area contributed by atoms with Gasteiger partial charge >= 0.3 is 0 Å². The summed E-state index contributed by atoms with van der Waals surface area (Å²) in [4.78, 5) is 52.3. The lowest BCUT2D eigenvalue weighted by Gasteiger charge is -2.21. The van der Waals surface area contributed by atoms with Gasteiger partial charge in [0.1, 0.15) is 0 Å². The number of carbonyl (C=O) groups is 3. The molecule has 0 aliphatic carbocycles. The molecule has 3 aromatic heterocycles. The van der Waals surface area contributed by atoms with Crippen molar-refractivity contribution in [3.63, 3.8) is 0 Å². The molecule has 47 heavy (non-hydrogen) atoms. The fourth-order valence-corrected chi connectivity index (χ4v) is 6.95. The van der Waals surface area contributed by atoms with Gasteiger partial charge in [-0.15, -0.1) is 0 Å². The summed E-state index contributed by atoms with van der Waals surface area (Å²) in [6.07, 6.45) is 7.44. The average Bonchev–Trinajstić information content (AvgIpc) is 3.90. The molecule has 0 bridgehead atoms. The standard InChI is InChI=1S/C37H39N7O3/c38-31(17-25-20-43-34-12-6-3-9-28(25)34)37(47)44-21-29(35(45)39-15-13-23-18-41-32-10-4-1-7-26(23)32)30(22-44)36(46)40-16-14-24-19-42-33-11-5-2-8-27(24)33/h1-12,18-20,29-31,41-43H,13-17,21-22,38H2,(H,39,45)(H,40,46)/t29-,30-,31+/m1/s1. The molecule has 3 aromatic carbocycles. The minimum atomic E-state index is -0.802. The van der Waals surface area contributed by atoms with Crippen molar-refractivity contribution < 1.29 is 14.4 Å². The van der Waals surface area contributed by atoms with Crippen molar-refractivity contribution in [2.24, 2.45) is 17.6 Å². The van der Waals surface area contributed by atoms with Gasteiger partial charge in [0, 0.05) is 77.5 Å². The summed E-state index contributed by atoms with van der Waals surface area (Å²) in [6.45, 7) is 1.11. The molecule has 10 heteroatoms. The maximum atomic E-state index is 13.7. The van der Waals surface area contributed by atoms with E-state index in [0.717, 1.165) is 49.4 Å². The summed E-state index contributed by atoms with van der Waals surface area (Å²) >= 11 is 0. The monoisotopic (exact) mass is 629 g/mol. The molecule has 4 heterocycles. The number of para-hydroxylation sites is 3. The average molecular weight is 630 g/mol. The van der Waals surface area contributed by atoms with Crippen LogP contribution in [0.5, 0.6) is 0 Å². The van der Waals surface area contributed by atoms with Crippen molar-refractivity contribution >= 4 is 50.4 Å². The Hall–Kier alpha value is -5.35. The normalized spacial score (nSPS) is 17.0. The quantitative estimate of drug-likeness (QED) is 0.129. The highest BCUT2D eigenvalue weighted by atomic mass is 16.2. The van der Waals surface area contributed by atoms with E-state index in [2.05, 4.69) is 37.7 Å². The van der Waals surface area contributed by atoms with E-state index in [1.54, 1.807) is 4.90 Å². The van der Waals surface area contributed by atoms with Gasteiger partial charge in [-0.2, -0.15) is 0 Å². The van der Waals surface area contributed by atoms with Crippen LogP contribution in [-0.2, 0) is 33.6 Å². The van der Waals surface area contributed by atoms with Crippen molar-refractivity contribution in [3.8, 4) is 0 Å². The van der Waals surface area contributed by atoms with E-state index < -0.39 is 17.9 Å². The lowest BCUT2D eigenvalue weighted by molar-refractivity contribution is -0.132. The Labute approximate surface area is 272 Å². The van der Waals surface area contributed by atoms with Crippen molar-refractivity contribution in [3.05, 3.63) is 108 Å². The molecule has 0 spiro atoms. The second-order valence-corrected chi connectivity index (χ2v) is 12.4. The number of benzene rings is 3. The molecule has 0 unspecified atom stereocenters. The highest BCUT2D eigenvalue weighted by Crippen LogP contribution is 2.27. The van der Waals surface area contributed by atoms with E-state index in [4.69, 9.17) is 5.73 Å². The number of hydrogen-bond donors (Lipinski definition) is 6. The molecule has 1 fully saturated rings. The molecule has 0 saturated carbocycles. The van der Waals surface area contributed by atoms with Gasteiger partial charge in [0.2, 0.25) is 17.7 Å². The zero-order valence-electron chi connectivity index (χ0n) is 26.1. The number of fused-ring (bicyclic) bond motifs is 3.